The Morgan fingerprint density at radius 3 is 2.36 bits per heavy atom. The molecule has 3 rings (SSSR count). The maximum Gasteiger partial charge on any atom is 0.267 e. The van der Waals surface area contributed by atoms with Crippen molar-refractivity contribution >= 4 is 17.5 Å². The van der Waals surface area contributed by atoms with Crippen LogP contribution in [-0.4, -0.2) is 29.6 Å². The molecule has 0 unspecified atom stereocenters. The lowest BCUT2D eigenvalue weighted by molar-refractivity contribution is -0.130. The quantitative estimate of drug-likeness (QED) is 0.913. The molecule has 2 aromatic rings. The number of benzene rings is 2. The van der Waals surface area contributed by atoms with E-state index >= 15 is 0 Å². The minimum absolute atomic E-state index is 0.0690. The zero-order valence-corrected chi connectivity index (χ0v) is 14.2. The van der Waals surface area contributed by atoms with Crippen LogP contribution >= 0.6 is 0 Å². The Bertz CT molecular complexity index is 772. The lowest BCUT2D eigenvalue weighted by Crippen LogP contribution is -2.39. The van der Waals surface area contributed by atoms with Crippen molar-refractivity contribution in [1.29, 1.82) is 0 Å². The molecule has 5 heteroatoms. The number of nitrogens with zero attached hydrogens (tertiary/aromatic N) is 2. The van der Waals surface area contributed by atoms with Crippen LogP contribution in [0.25, 0.3) is 0 Å². The fourth-order valence-electron chi connectivity index (χ4n) is 2.86. The Balaban J connectivity index is 1.79. The smallest absolute Gasteiger partial charge is 0.267 e. The highest BCUT2D eigenvalue weighted by Crippen LogP contribution is 2.19. The van der Waals surface area contributed by atoms with Crippen LogP contribution in [0.15, 0.2) is 65.8 Å². The number of carbonyl (C=O) groups excluding carboxylic acids is 2. The molecule has 0 aromatic heterocycles. The van der Waals surface area contributed by atoms with E-state index in [1.54, 1.807) is 7.05 Å². The predicted molar refractivity (Wildman–Crippen MR) is 96.9 cm³/mol. The molecule has 1 aliphatic heterocycles. The van der Waals surface area contributed by atoms with Crippen LogP contribution in [0.1, 0.15) is 30.0 Å². The summed E-state index contributed by atoms with van der Waals surface area (Å²) in [6.07, 6.45) is 1.39. The van der Waals surface area contributed by atoms with Gasteiger partial charge >= 0.3 is 0 Å². The van der Waals surface area contributed by atoms with Crippen LogP contribution in [0.2, 0.25) is 0 Å². The number of hydrogen-bond donors (Lipinski definition) is 1. The lowest BCUT2D eigenvalue weighted by atomic mass is 9.98. The summed E-state index contributed by atoms with van der Waals surface area (Å²) >= 11 is 0. The maximum absolute atomic E-state index is 12.6. The molecule has 0 aliphatic carbocycles. The minimum Gasteiger partial charge on any atom is -0.344 e. The number of rotatable bonds is 5. The van der Waals surface area contributed by atoms with Gasteiger partial charge in [0, 0.05) is 19.9 Å². The Labute approximate surface area is 147 Å². The molecule has 0 saturated carbocycles. The maximum atomic E-state index is 12.6. The second kappa shape index (κ2) is 7.75. The Kier molecular flexibility index (Phi) is 5.23. The molecule has 0 fully saturated rings. The molecule has 128 valence electrons. The van der Waals surface area contributed by atoms with E-state index in [4.69, 9.17) is 0 Å². The summed E-state index contributed by atoms with van der Waals surface area (Å²) in [4.78, 5) is 24.2. The van der Waals surface area contributed by atoms with Gasteiger partial charge in [-0.2, -0.15) is 5.10 Å². The molecule has 2 aromatic carbocycles. The molecule has 1 heterocycles. The van der Waals surface area contributed by atoms with E-state index in [1.807, 2.05) is 60.7 Å². The summed E-state index contributed by atoms with van der Waals surface area (Å²) in [6.45, 7) is 0. The summed E-state index contributed by atoms with van der Waals surface area (Å²) in [5.74, 6) is -0.287. The van der Waals surface area contributed by atoms with E-state index in [0.717, 1.165) is 11.1 Å². The monoisotopic (exact) mass is 335 g/mol. The second-order valence-electron chi connectivity index (χ2n) is 6.09. The van der Waals surface area contributed by atoms with Gasteiger partial charge in [-0.1, -0.05) is 60.7 Å². The Hall–Kier alpha value is -2.95. The SMILES string of the molecule is CN1N=C(C(=O)N[C@@H](Cc2ccccc2)c2ccccc2)CCC1=O. The van der Waals surface area contributed by atoms with Gasteiger partial charge in [-0.25, -0.2) is 5.01 Å². The first kappa shape index (κ1) is 16.9. The zero-order chi connectivity index (χ0) is 17.6. The zero-order valence-electron chi connectivity index (χ0n) is 14.2. The number of amides is 2. The molecular formula is C20H21N3O2. The molecule has 0 spiro atoms. The van der Waals surface area contributed by atoms with Crippen molar-refractivity contribution in [3.63, 3.8) is 0 Å². The highest BCUT2D eigenvalue weighted by molar-refractivity contribution is 6.39. The third kappa shape index (κ3) is 4.32. The van der Waals surface area contributed by atoms with Crippen molar-refractivity contribution in [1.82, 2.24) is 10.3 Å². The number of hydrazone groups is 1. The fraction of sp³-hybridized carbons (Fsp3) is 0.250. The largest absolute Gasteiger partial charge is 0.344 e. The van der Waals surface area contributed by atoms with Crippen LogP contribution in [0.3, 0.4) is 0 Å². The van der Waals surface area contributed by atoms with Gasteiger partial charge in [0.05, 0.1) is 6.04 Å². The average molecular weight is 335 g/mol. The van der Waals surface area contributed by atoms with E-state index in [1.165, 1.54) is 5.01 Å². The standard InChI is InChI=1S/C20H21N3O2/c1-23-19(24)13-12-17(22-23)20(25)21-18(16-10-6-3-7-11-16)14-15-8-4-2-5-9-15/h2-11,18H,12-14H2,1H3,(H,21,25)/t18-/m0/s1. The van der Waals surface area contributed by atoms with Gasteiger partial charge in [0.1, 0.15) is 5.71 Å². The fourth-order valence-corrected chi connectivity index (χ4v) is 2.86. The molecule has 1 atom stereocenters. The highest BCUT2D eigenvalue weighted by atomic mass is 16.2. The van der Waals surface area contributed by atoms with E-state index < -0.39 is 0 Å². The summed E-state index contributed by atoms with van der Waals surface area (Å²) in [5, 5.41) is 8.43. The molecule has 1 aliphatic rings. The van der Waals surface area contributed by atoms with Crippen molar-refractivity contribution in [2.45, 2.75) is 25.3 Å². The first-order chi connectivity index (χ1) is 12.1. The van der Waals surface area contributed by atoms with E-state index in [0.29, 0.717) is 25.0 Å². The molecule has 1 N–H and O–H groups in total. The van der Waals surface area contributed by atoms with Gasteiger partial charge in [0.15, 0.2) is 0 Å². The van der Waals surface area contributed by atoms with Crippen LogP contribution in [0, 0.1) is 0 Å². The molecule has 0 saturated heterocycles. The second-order valence-corrected chi connectivity index (χ2v) is 6.09. The van der Waals surface area contributed by atoms with Crippen molar-refractivity contribution in [3.05, 3.63) is 71.8 Å². The van der Waals surface area contributed by atoms with Crippen molar-refractivity contribution < 1.29 is 9.59 Å². The van der Waals surface area contributed by atoms with Crippen LogP contribution in [0.5, 0.6) is 0 Å². The predicted octanol–water partition coefficient (Wildman–Crippen LogP) is 2.69. The molecule has 2 amide bonds. The van der Waals surface area contributed by atoms with Gasteiger partial charge in [-0.05, 0) is 17.5 Å². The van der Waals surface area contributed by atoms with Gasteiger partial charge in [-0.15, -0.1) is 0 Å². The number of nitrogens with one attached hydrogen (secondary N) is 1. The van der Waals surface area contributed by atoms with E-state index in [9.17, 15) is 9.59 Å². The lowest BCUT2D eigenvalue weighted by Gasteiger charge is -2.23. The summed E-state index contributed by atoms with van der Waals surface area (Å²) in [5.41, 5.74) is 2.59. The van der Waals surface area contributed by atoms with Gasteiger partial charge in [0.25, 0.3) is 5.91 Å². The topological polar surface area (TPSA) is 61.8 Å². The van der Waals surface area contributed by atoms with Gasteiger partial charge in [-0.3, -0.25) is 9.59 Å². The Morgan fingerprint density at radius 1 is 1.08 bits per heavy atom. The molecule has 25 heavy (non-hydrogen) atoms. The molecule has 0 bridgehead atoms. The van der Waals surface area contributed by atoms with E-state index in [2.05, 4.69) is 10.4 Å². The third-order valence-electron chi connectivity index (χ3n) is 4.26. The summed E-state index contributed by atoms with van der Waals surface area (Å²) < 4.78 is 0. The van der Waals surface area contributed by atoms with Crippen molar-refractivity contribution in [3.8, 4) is 0 Å². The first-order valence-corrected chi connectivity index (χ1v) is 8.37. The molecular weight excluding hydrogens is 314 g/mol. The summed E-state index contributed by atoms with van der Waals surface area (Å²) in [6, 6.07) is 19.8. The summed E-state index contributed by atoms with van der Waals surface area (Å²) in [7, 11) is 1.58. The van der Waals surface area contributed by atoms with Gasteiger partial charge in [0.2, 0.25) is 5.91 Å². The average Bonchev–Trinajstić information content (AvgIpc) is 2.65. The van der Waals surface area contributed by atoms with Crippen molar-refractivity contribution in [2.24, 2.45) is 5.10 Å². The molecule has 5 nitrogen and oxygen atoms in total. The number of hydrogen-bond acceptors (Lipinski definition) is 3. The highest BCUT2D eigenvalue weighted by Gasteiger charge is 2.24. The van der Waals surface area contributed by atoms with Crippen LogP contribution < -0.4 is 5.32 Å². The normalized spacial score (nSPS) is 15.5. The first-order valence-electron chi connectivity index (χ1n) is 8.37. The Morgan fingerprint density at radius 2 is 1.72 bits per heavy atom. The number of carbonyl (C=O) groups is 2. The third-order valence-corrected chi connectivity index (χ3v) is 4.26. The van der Waals surface area contributed by atoms with Crippen LogP contribution in [0.4, 0.5) is 0 Å². The van der Waals surface area contributed by atoms with E-state index in [-0.39, 0.29) is 17.9 Å². The minimum atomic E-state index is -0.218. The van der Waals surface area contributed by atoms with Crippen LogP contribution in [-0.2, 0) is 16.0 Å². The molecule has 0 radical (unpaired) electrons. The van der Waals surface area contributed by atoms with Gasteiger partial charge < -0.3 is 5.32 Å². The van der Waals surface area contributed by atoms with Crippen molar-refractivity contribution in [2.75, 3.05) is 7.05 Å².